The number of anilines is 1. The van der Waals surface area contributed by atoms with E-state index in [0.29, 0.717) is 16.6 Å². The van der Waals surface area contributed by atoms with E-state index in [1.165, 1.54) is 22.7 Å². The minimum atomic E-state index is -0.514. The number of carbonyl (C=O) groups is 2. The number of carbonyl (C=O) groups excluding carboxylic acids is 2. The van der Waals surface area contributed by atoms with Crippen LogP contribution in [0.4, 0.5) is 5.69 Å². The van der Waals surface area contributed by atoms with Gasteiger partial charge < -0.3 is 10.1 Å². The highest BCUT2D eigenvalue weighted by Crippen LogP contribution is 2.30. The van der Waals surface area contributed by atoms with Crippen molar-refractivity contribution >= 4 is 29.3 Å². The standard InChI is InChI=1S/C13H12N4O3S/c1-20-9-4-2-3-8(5-9)15-12(19)10-6-11(18)17-7-14-16-13(17)21-10/h2-5,7,10H,6H2,1H3,(H,15,19)/t10-/m1/s1. The van der Waals surface area contributed by atoms with E-state index in [2.05, 4.69) is 15.5 Å². The summed E-state index contributed by atoms with van der Waals surface area (Å²) in [4.78, 5) is 24.1. The van der Waals surface area contributed by atoms with E-state index in [-0.39, 0.29) is 18.2 Å². The molecule has 2 heterocycles. The third kappa shape index (κ3) is 2.75. The van der Waals surface area contributed by atoms with Crippen LogP contribution in [-0.4, -0.2) is 38.9 Å². The maximum Gasteiger partial charge on any atom is 0.238 e. The molecule has 1 atom stereocenters. The zero-order valence-corrected chi connectivity index (χ0v) is 12.0. The molecule has 1 aromatic carbocycles. The van der Waals surface area contributed by atoms with Crippen LogP contribution in [0.15, 0.2) is 35.7 Å². The van der Waals surface area contributed by atoms with Gasteiger partial charge in [-0.15, -0.1) is 10.2 Å². The molecule has 108 valence electrons. The molecular formula is C13H12N4O3S. The first-order valence-corrected chi connectivity index (χ1v) is 7.10. The second-order valence-corrected chi connectivity index (χ2v) is 5.58. The Morgan fingerprint density at radius 3 is 3.19 bits per heavy atom. The van der Waals surface area contributed by atoms with Gasteiger partial charge in [0.05, 0.1) is 7.11 Å². The van der Waals surface area contributed by atoms with Crippen LogP contribution in [0.2, 0.25) is 0 Å². The summed E-state index contributed by atoms with van der Waals surface area (Å²) in [7, 11) is 1.56. The highest BCUT2D eigenvalue weighted by molar-refractivity contribution is 8.00. The predicted molar refractivity (Wildman–Crippen MR) is 76.5 cm³/mol. The summed E-state index contributed by atoms with van der Waals surface area (Å²) >= 11 is 1.23. The smallest absolute Gasteiger partial charge is 0.238 e. The molecule has 0 radical (unpaired) electrons. The molecule has 0 fully saturated rings. The van der Waals surface area contributed by atoms with Crippen LogP contribution in [0.5, 0.6) is 5.75 Å². The number of nitrogens with one attached hydrogen (secondary N) is 1. The van der Waals surface area contributed by atoms with Crippen molar-refractivity contribution in [3.63, 3.8) is 0 Å². The lowest BCUT2D eigenvalue weighted by Gasteiger charge is -2.20. The molecule has 0 saturated carbocycles. The van der Waals surface area contributed by atoms with Crippen molar-refractivity contribution < 1.29 is 14.3 Å². The van der Waals surface area contributed by atoms with Gasteiger partial charge in [-0.3, -0.25) is 9.59 Å². The van der Waals surface area contributed by atoms with Gasteiger partial charge in [0, 0.05) is 18.2 Å². The highest BCUT2D eigenvalue weighted by Gasteiger charge is 2.31. The Bertz CT molecular complexity index is 700. The molecule has 21 heavy (non-hydrogen) atoms. The molecule has 3 rings (SSSR count). The van der Waals surface area contributed by atoms with E-state index in [1.807, 2.05) is 0 Å². The van der Waals surface area contributed by atoms with Crippen LogP contribution in [0, 0.1) is 0 Å². The Hall–Kier alpha value is -2.35. The van der Waals surface area contributed by atoms with Crippen LogP contribution in [-0.2, 0) is 4.79 Å². The summed E-state index contributed by atoms with van der Waals surface area (Å²) in [5.41, 5.74) is 0.624. The molecule has 2 aromatic rings. The van der Waals surface area contributed by atoms with Crippen molar-refractivity contribution in [1.82, 2.24) is 14.8 Å². The van der Waals surface area contributed by atoms with E-state index in [0.717, 1.165) is 0 Å². The third-order valence-electron chi connectivity index (χ3n) is 3.02. The number of ether oxygens (including phenoxy) is 1. The van der Waals surface area contributed by atoms with Crippen LogP contribution >= 0.6 is 11.8 Å². The molecule has 8 heteroatoms. The zero-order chi connectivity index (χ0) is 14.8. The summed E-state index contributed by atoms with van der Waals surface area (Å²) in [6, 6.07) is 7.05. The fraction of sp³-hybridized carbons (Fsp3) is 0.231. The van der Waals surface area contributed by atoms with E-state index >= 15 is 0 Å². The number of rotatable bonds is 3. The summed E-state index contributed by atoms with van der Waals surface area (Å²) in [6.07, 6.45) is 1.48. The van der Waals surface area contributed by atoms with E-state index in [1.54, 1.807) is 31.4 Å². The average molecular weight is 304 g/mol. The van der Waals surface area contributed by atoms with Crippen LogP contribution in [0.3, 0.4) is 0 Å². The topological polar surface area (TPSA) is 86.1 Å². The molecule has 0 spiro atoms. The van der Waals surface area contributed by atoms with Gasteiger partial charge in [-0.1, -0.05) is 17.8 Å². The lowest BCUT2D eigenvalue weighted by atomic mass is 10.2. The maximum absolute atomic E-state index is 12.3. The molecule has 1 N–H and O–H groups in total. The Kier molecular flexibility index (Phi) is 3.61. The van der Waals surface area contributed by atoms with Gasteiger partial charge in [-0.2, -0.15) is 0 Å². The number of methoxy groups -OCH3 is 1. The molecule has 0 saturated heterocycles. The van der Waals surface area contributed by atoms with Gasteiger partial charge in [-0.05, 0) is 12.1 Å². The molecule has 1 aliphatic rings. The Morgan fingerprint density at radius 1 is 1.52 bits per heavy atom. The molecular weight excluding hydrogens is 292 g/mol. The lowest BCUT2D eigenvalue weighted by molar-refractivity contribution is -0.115. The first-order valence-electron chi connectivity index (χ1n) is 6.22. The second-order valence-electron chi connectivity index (χ2n) is 4.41. The Morgan fingerprint density at radius 2 is 2.38 bits per heavy atom. The van der Waals surface area contributed by atoms with Gasteiger partial charge in [0.15, 0.2) is 5.16 Å². The first-order chi connectivity index (χ1) is 10.2. The molecule has 1 aromatic heterocycles. The van der Waals surface area contributed by atoms with Gasteiger partial charge in [-0.25, -0.2) is 4.57 Å². The van der Waals surface area contributed by atoms with Crippen LogP contribution in [0.1, 0.15) is 11.2 Å². The number of hydrogen-bond donors (Lipinski definition) is 1. The second kappa shape index (κ2) is 5.57. The number of nitrogens with zero attached hydrogens (tertiary/aromatic N) is 3. The van der Waals surface area contributed by atoms with Crippen molar-refractivity contribution in [1.29, 1.82) is 0 Å². The van der Waals surface area contributed by atoms with Gasteiger partial charge in [0.25, 0.3) is 0 Å². The van der Waals surface area contributed by atoms with E-state index in [4.69, 9.17) is 4.74 Å². The first kappa shape index (κ1) is 13.6. The van der Waals surface area contributed by atoms with Crippen molar-refractivity contribution in [3.05, 3.63) is 30.6 Å². The van der Waals surface area contributed by atoms with Gasteiger partial charge in [0.2, 0.25) is 11.8 Å². The monoisotopic (exact) mass is 304 g/mol. The Labute approximate surface area is 124 Å². The van der Waals surface area contributed by atoms with Crippen molar-refractivity contribution in [2.75, 3.05) is 12.4 Å². The fourth-order valence-corrected chi connectivity index (χ4v) is 2.97. The maximum atomic E-state index is 12.3. The zero-order valence-electron chi connectivity index (χ0n) is 11.1. The summed E-state index contributed by atoms with van der Waals surface area (Å²) in [5.74, 6) is 0.232. The van der Waals surface area contributed by atoms with Crippen molar-refractivity contribution in [2.45, 2.75) is 16.8 Å². The molecule has 1 aliphatic heterocycles. The molecule has 0 bridgehead atoms. The lowest BCUT2D eigenvalue weighted by Crippen LogP contribution is -2.32. The number of hydrogen-bond acceptors (Lipinski definition) is 6. The molecule has 0 aliphatic carbocycles. The largest absolute Gasteiger partial charge is 0.497 e. The minimum Gasteiger partial charge on any atom is -0.497 e. The summed E-state index contributed by atoms with van der Waals surface area (Å²) < 4.78 is 6.46. The van der Waals surface area contributed by atoms with E-state index in [9.17, 15) is 9.59 Å². The van der Waals surface area contributed by atoms with Gasteiger partial charge in [0.1, 0.15) is 17.3 Å². The number of benzene rings is 1. The van der Waals surface area contributed by atoms with Crippen molar-refractivity contribution in [2.24, 2.45) is 0 Å². The highest BCUT2D eigenvalue weighted by atomic mass is 32.2. The number of fused-ring (bicyclic) bond motifs is 1. The number of amides is 1. The summed E-state index contributed by atoms with van der Waals surface area (Å²) in [5, 5.41) is 10.2. The molecule has 1 amide bonds. The quantitative estimate of drug-likeness (QED) is 0.923. The normalized spacial score (nSPS) is 17.2. The van der Waals surface area contributed by atoms with Crippen molar-refractivity contribution in [3.8, 4) is 5.75 Å². The predicted octanol–water partition coefficient (Wildman–Crippen LogP) is 1.43. The average Bonchev–Trinajstić information content (AvgIpc) is 2.96. The van der Waals surface area contributed by atoms with Crippen LogP contribution < -0.4 is 10.1 Å². The number of thioether (sulfide) groups is 1. The summed E-state index contributed by atoms with van der Waals surface area (Å²) in [6.45, 7) is 0. The SMILES string of the molecule is COc1cccc(NC(=O)[C@H]2CC(=O)n3cnnc3S2)c1. The molecule has 0 unspecified atom stereocenters. The fourth-order valence-electron chi connectivity index (χ4n) is 1.97. The van der Waals surface area contributed by atoms with Crippen LogP contribution in [0.25, 0.3) is 0 Å². The molecule has 7 nitrogen and oxygen atoms in total. The number of aromatic nitrogens is 3. The van der Waals surface area contributed by atoms with E-state index < -0.39 is 5.25 Å². The third-order valence-corrected chi connectivity index (χ3v) is 4.18. The Balaban J connectivity index is 1.73. The minimum absolute atomic E-state index is 0.117. The van der Waals surface area contributed by atoms with Gasteiger partial charge >= 0.3 is 0 Å².